The van der Waals surface area contributed by atoms with E-state index in [9.17, 15) is 13.2 Å². The van der Waals surface area contributed by atoms with Crippen molar-refractivity contribution in [1.29, 1.82) is 0 Å². The van der Waals surface area contributed by atoms with Crippen molar-refractivity contribution < 1.29 is 22.5 Å². The molecule has 2 heterocycles. The number of para-hydroxylation sites is 1. The Labute approximate surface area is 204 Å². The maximum atomic E-state index is 12.9. The Balaban J connectivity index is 1.36. The van der Waals surface area contributed by atoms with Crippen molar-refractivity contribution in [3.05, 3.63) is 54.6 Å². The number of hydrogen-bond acceptors (Lipinski definition) is 8. The van der Waals surface area contributed by atoms with Crippen molar-refractivity contribution in [2.75, 3.05) is 44.4 Å². The topological polar surface area (TPSA) is 118 Å². The molecule has 11 heteroatoms. The molecule has 0 saturated carbocycles. The fourth-order valence-corrected chi connectivity index (χ4v) is 4.41. The molecule has 1 saturated heterocycles. The first kappa shape index (κ1) is 24.8. The van der Waals surface area contributed by atoms with Crippen molar-refractivity contribution in [1.82, 2.24) is 19.8 Å². The second-order valence-electron chi connectivity index (χ2n) is 8.46. The molecule has 1 aromatic heterocycles. The first-order valence-electron chi connectivity index (χ1n) is 11.4. The van der Waals surface area contributed by atoms with Crippen LogP contribution < -0.4 is 9.62 Å². The summed E-state index contributed by atoms with van der Waals surface area (Å²) < 4.78 is 36.2. The number of rotatable bonds is 8. The van der Waals surface area contributed by atoms with Gasteiger partial charge in [0, 0.05) is 38.8 Å². The van der Waals surface area contributed by atoms with Crippen molar-refractivity contribution in [3.63, 3.8) is 0 Å². The van der Waals surface area contributed by atoms with Gasteiger partial charge in [0.25, 0.3) is 5.89 Å². The Morgan fingerprint density at radius 1 is 1.14 bits per heavy atom. The molecule has 10 nitrogen and oxygen atoms in total. The number of anilines is 1. The minimum Gasteiger partial charge on any atom is -0.446 e. The lowest BCUT2D eigenvalue weighted by atomic mass is 10.1. The predicted molar refractivity (Wildman–Crippen MR) is 132 cm³/mol. The Morgan fingerprint density at radius 3 is 2.54 bits per heavy atom. The minimum atomic E-state index is -3.19. The van der Waals surface area contributed by atoms with E-state index in [0.717, 1.165) is 24.9 Å². The Morgan fingerprint density at radius 2 is 1.83 bits per heavy atom. The van der Waals surface area contributed by atoms with Gasteiger partial charge in [0.1, 0.15) is 6.10 Å². The molecule has 0 aliphatic carbocycles. The molecule has 35 heavy (non-hydrogen) atoms. The van der Waals surface area contributed by atoms with Crippen molar-refractivity contribution in [3.8, 4) is 22.8 Å². The molecule has 0 radical (unpaired) electrons. The second kappa shape index (κ2) is 11.0. The van der Waals surface area contributed by atoms with Gasteiger partial charge in [0.05, 0.1) is 17.5 Å². The molecule has 4 rings (SSSR count). The summed E-state index contributed by atoms with van der Waals surface area (Å²) in [6.07, 6.45) is 1.85. The van der Waals surface area contributed by atoms with Crippen LogP contribution in [0.1, 0.15) is 12.8 Å². The highest BCUT2D eigenvalue weighted by Crippen LogP contribution is 2.31. The number of aromatic nitrogens is 2. The smallest absolute Gasteiger partial charge is 0.414 e. The van der Waals surface area contributed by atoms with Crippen molar-refractivity contribution >= 4 is 21.8 Å². The van der Waals surface area contributed by atoms with Gasteiger partial charge in [0.15, 0.2) is 0 Å². The molecule has 0 unspecified atom stereocenters. The van der Waals surface area contributed by atoms with Crippen LogP contribution in [0.15, 0.2) is 59.1 Å². The Bertz CT molecular complexity index is 1240. The van der Waals surface area contributed by atoms with Crippen LogP contribution in [-0.2, 0) is 14.8 Å². The number of carbonyl (C=O) groups is 1. The first-order chi connectivity index (χ1) is 16.8. The predicted octanol–water partition coefficient (Wildman–Crippen LogP) is 2.99. The summed E-state index contributed by atoms with van der Waals surface area (Å²) >= 11 is 0. The number of amides is 1. The summed E-state index contributed by atoms with van der Waals surface area (Å²) in [4.78, 5) is 21.0. The maximum Gasteiger partial charge on any atom is 0.414 e. The van der Waals surface area contributed by atoms with Gasteiger partial charge in [-0.2, -0.15) is 4.98 Å². The maximum absolute atomic E-state index is 12.9. The number of likely N-dealkylation sites (tertiary alicyclic amines) is 1. The summed E-state index contributed by atoms with van der Waals surface area (Å²) in [6, 6.07) is 16.8. The largest absolute Gasteiger partial charge is 0.446 e. The van der Waals surface area contributed by atoms with E-state index in [-0.39, 0.29) is 6.10 Å². The number of hydrogen-bond donors (Lipinski definition) is 1. The molecule has 0 bridgehead atoms. The van der Waals surface area contributed by atoms with E-state index in [1.54, 1.807) is 13.1 Å². The molecule has 0 spiro atoms. The molecular formula is C24H29N5O5S. The third-order valence-corrected chi connectivity index (χ3v) is 6.55. The van der Waals surface area contributed by atoms with E-state index >= 15 is 0 Å². The Kier molecular flexibility index (Phi) is 7.79. The van der Waals surface area contributed by atoms with Crippen LogP contribution in [0.3, 0.4) is 0 Å². The zero-order valence-electron chi connectivity index (χ0n) is 19.8. The molecule has 1 aliphatic heterocycles. The fourth-order valence-electron chi connectivity index (χ4n) is 3.94. The molecule has 1 N–H and O–H groups in total. The van der Waals surface area contributed by atoms with E-state index in [1.807, 2.05) is 48.5 Å². The van der Waals surface area contributed by atoms with Crippen LogP contribution in [-0.4, -0.2) is 75.1 Å². The summed E-state index contributed by atoms with van der Waals surface area (Å²) in [7, 11) is -1.54. The zero-order chi connectivity index (χ0) is 24.8. The number of benzene rings is 2. The van der Waals surface area contributed by atoms with Crippen LogP contribution >= 0.6 is 0 Å². The van der Waals surface area contributed by atoms with E-state index in [1.165, 1.54) is 4.90 Å². The lowest BCUT2D eigenvalue weighted by Crippen LogP contribution is -2.42. The summed E-state index contributed by atoms with van der Waals surface area (Å²) in [5.74, 6) is 0.786. The van der Waals surface area contributed by atoms with Gasteiger partial charge in [0.2, 0.25) is 15.8 Å². The van der Waals surface area contributed by atoms with Crippen LogP contribution in [0, 0.1) is 0 Å². The average molecular weight is 500 g/mol. The van der Waals surface area contributed by atoms with E-state index < -0.39 is 16.1 Å². The van der Waals surface area contributed by atoms with Gasteiger partial charge in [-0.05, 0) is 25.0 Å². The molecule has 1 aliphatic rings. The SMILES string of the molecule is CN(C(=O)OC1CCN(CCNS(C)(=O)=O)CC1)c1ccccc1-c1nc(-c2ccccc2)no1. The highest BCUT2D eigenvalue weighted by Gasteiger charge is 2.26. The summed E-state index contributed by atoms with van der Waals surface area (Å²) in [6.45, 7) is 2.45. The van der Waals surface area contributed by atoms with Crippen LogP contribution in [0.5, 0.6) is 0 Å². The lowest BCUT2D eigenvalue weighted by Gasteiger charge is -2.32. The van der Waals surface area contributed by atoms with Gasteiger partial charge in [-0.3, -0.25) is 4.90 Å². The van der Waals surface area contributed by atoms with Crippen LogP contribution in [0.4, 0.5) is 10.5 Å². The molecule has 0 atom stereocenters. The third kappa shape index (κ3) is 6.65. The first-order valence-corrected chi connectivity index (χ1v) is 13.3. The highest BCUT2D eigenvalue weighted by molar-refractivity contribution is 7.88. The van der Waals surface area contributed by atoms with E-state index in [4.69, 9.17) is 9.26 Å². The van der Waals surface area contributed by atoms with Gasteiger partial charge < -0.3 is 14.2 Å². The molecular weight excluding hydrogens is 470 g/mol. The molecule has 2 aromatic carbocycles. The number of piperidine rings is 1. The van der Waals surface area contributed by atoms with E-state index in [0.29, 0.717) is 48.9 Å². The number of nitrogens with zero attached hydrogens (tertiary/aromatic N) is 4. The average Bonchev–Trinajstić information content (AvgIpc) is 3.35. The van der Waals surface area contributed by atoms with Gasteiger partial charge in [-0.25, -0.2) is 17.9 Å². The van der Waals surface area contributed by atoms with E-state index in [2.05, 4.69) is 19.8 Å². The minimum absolute atomic E-state index is 0.204. The standard InChI is InChI=1S/C24H29N5O5S/c1-28(24(30)33-19-12-15-29(16-13-19)17-14-25-35(2,31)32)21-11-7-6-10-20(21)23-26-22(27-34-23)18-8-4-3-5-9-18/h3-11,19,25H,12-17H2,1-2H3. The molecule has 1 amide bonds. The van der Waals surface area contributed by atoms with Gasteiger partial charge in [-0.1, -0.05) is 47.6 Å². The summed E-state index contributed by atoms with van der Waals surface area (Å²) in [5.41, 5.74) is 2.08. The van der Waals surface area contributed by atoms with Crippen LogP contribution in [0.25, 0.3) is 22.8 Å². The van der Waals surface area contributed by atoms with Crippen molar-refractivity contribution in [2.24, 2.45) is 0 Å². The fraction of sp³-hybridized carbons (Fsp3) is 0.375. The van der Waals surface area contributed by atoms with Crippen LogP contribution in [0.2, 0.25) is 0 Å². The number of sulfonamides is 1. The monoisotopic (exact) mass is 499 g/mol. The van der Waals surface area contributed by atoms with Crippen molar-refractivity contribution in [2.45, 2.75) is 18.9 Å². The van der Waals surface area contributed by atoms with Gasteiger partial charge >= 0.3 is 6.09 Å². The van der Waals surface area contributed by atoms with Gasteiger partial charge in [-0.15, -0.1) is 0 Å². The number of nitrogens with one attached hydrogen (secondary N) is 1. The second-order valence-corrected chi connectivity index (χ2v) is 10.3. The highest BCUT2D eigenvalue weighted by atomic mass is 32.2. The normalized spacial score (nSPS) is 15.1. The third-order valence-electron chi connectivity index (χ3n) is 5.82. The zero-order valence-corrected chi connectivity index (χ0v) is 20.6. The lowest BCUT2D eigenvalue weighted by molar-refractivity contribution is 0.0562. The quantitative estimate of drug-likeness (QED) is 0.503. The summed E-state index contributed by atoms with van der Waals surface area (Å²) in [5, 5.41) is 4.08. The Hall–Kier alpha value is -3.28. The molecule has 3 aromatic rings. The number of ether oxygens (including phenoxy) is 1. The number of carbonyl (C=O) groups excluding carboxylic acids is 1. The molecule has 186 valence electrons. The molecule has 1 fully saturated rings.